The van der Waals surface area contributed by atoms with E-state index >= 15 is 0 Å². The molecule has 0 saturated heterocycles. The summed E-state index contributed by atoms with van der Waals surface area (Å²) in [5.41, 5.74) is 3.45. The minimum Gasteiger partial charge on any atom is -0.469 e. The van der Waals surface area contributed by atoms with Gasteiger partial charge in [0, 0.05) is 5.56 Å². The van der Waals surface area contributed by atoms with Crippen LogP contribution in [0.15, 0.2) is 24.3 Å². The molecule has 1 aliphatic carbocycles. The van der Waals surface area contributed by atoms with E-state index in [4.69, 9.17) is 16.3 Å². The fourth-order valence-corrected chi connectivity index (χ4v) is 2.85. The summed E-state index contributed by atoms with van der Waals surface area (Å²) in [6.07, 6.45) is 3.33. The normalized spacial score (nSPS) is 17.6. The summed E-state index contributed by atoms with van der Waals surface area (Å²) in [6.45, 7) is 3.72. The molecule has 0 spiro atoms. The Balaban J connectivity index is 1.93. The van der Waals surface area contributed by atoms with Gasteiger partial charge in [-0.05, 0) is 44.2 Å². The minimum absolute atomic E-state index is 0.0593. The van der Waals surface area contributed by atoms with Crippen molar-refractivity contribution in [2.75, 3.05) is 0 Å². The Bertz CT molecular complexity index is 642. The molecule has 3 rings (SSSR count). The average molecular weight is 289 g/mol. The summed E-state index contributed by atoms with van der Waals surface area (Å²) in [4.78, 5) is 8.53. The van der Waals surface area contributed by atoms with Gasteiger partial charge in [-0.15, -0.1) is 0 Å². The predicted octanol–water partition coefficient (Wildman–Crippen LogP) is 4.20. The van der Waals surface area contributed by atoms with Crippen molar-refractivity contribution in [1.82, 2.24) is 9.97 Å². The highest BCUT2D eigenvalue weighted by atomic mass is 35.5. The molecule has 0 aliphatic heterocycles. The number of aromatic nitrogens is 2. The lowest BCUT2D eigenvalue weighted by Gasteiger charge is -2.26. The lowest BCUT2D eigenvalue weighted by atomic mass is 9.89. The number of rotatable bonds is 2. The van der Waals surface area contributed by atoms with E-state index in [9.17, 15) is 0 Å². The van der Waals surface area contributed by atoms with Crippen molar-refractivity contribution in [3.05, 3.63) is 51.9 Å². The van der Waals surface area contributed by atoms with Crippen LogP contribution in [0.25, 0.3) is 0 Å². The van der Waals surface area contributed by atoms with Crippen molar-refractivity contribution in [3.63, 3.8) is 0 Å². The standard InChI is InChI=1S/C16H17ClN2O/c1-10-15(17)18-11(2)19-16(10)20-14-9-5-7-12-6-3-4-8-13(12)14/h3-4,6,8,14H,5,7,9H2,1-2H3. The van der Waals surface area contributed by atoms with E-state index in [1.54, 1.807) is 0 Å². The first-order valence-corrected chi connectivity index (χ1v) is 7.28. The molecular formula is C16H17ClN2O. The highest BCUT2D eigenvalue weighted by molar-refractivity contribution is 6.30. The molecule has 1 heterocycles. The molecule has 0 N–H and O–H groups in total. The zero-order chi connectivity index (χ0) is 14.1. The summed E-state index contributed by atoms with van der Waals surface area (Å²) in [7, 11) is 0. The van der Waals surface area contributed by atoms with Gasteiger partial charge in [-0.25, -0.2) is 4.98 Å². The Labute approximate surface area is 124 Å². The van der Waals surface area contributed by atoms with Crippen molar-refractivity contribution < 1.29 is 4.74 Å². The van der Waals surface area contributed by atoms with E-state index in [0.29, 0.717) is 16.9 Å². The highest BCUT2D eigenvalue weighted by Crippen LogP contribution is 2.34. The molecule has 1 aromatic heterocycles. The topological polar surface area (TPSA) is 35.0 Å². The molecule has 104 valence electrons. The maximum atomic E-state index is 6.14. The summed E-state index contributed by atoms with van der Waals surface area (Å²) >= 11 is 6.11. The molecule has 3 nitrogen and oxygen atoms in total. The third-order valence-electron chi connectivity index (χ3n) is 3.72. The molecule has 0 saturated carbocycles. The molecule has 4 heteroatoms. The largest absolute Gasteiger partial charge is 0.469 e. The van der Waals surface area contributed by atoms with Gasteiger partial charge in [0.05, 0.1) is 0 Å². The Kier molecular flexibility index (Phi) is 3.62. The first-order valence-electron chi connectivity index (χ1n) is 6.90. The van der Waals surface area contributed by atoms with Gasteiger partial charge in [-0.2, -0.15) is 4.98 Å². The number of benzene rings is 1. The third kappa shape index (κ3) is 2.50. The molecule has 2 aromatic rings. The van der Waals surface area contributed by atoms with Gasteiger partial charge in [-0.3, -0.25) is 0 Å². The van der Waals surface area contributed by atoms with Crippen LogP contribution in [0.4, 0.5) is 0 Å². The molecule has 0 fully saturated rings. The van der Waals surface area contributed by atoms with E-state index < -0.39 is 0 Å². The van der Waals surface area contributed by atoms with Crippen LogP contribution in [-0.2, 0) is 6.42 Å². The first kappa shape index (κ1) is 13.4. The van der Waals surface area contributed by atoms with Gasteiger partial charge in [0.1, 0.15) is 17.1 Å². The predicted molar refractivity (Wildman–Crippen MR) is 79.3 cm³/mol. The Morgan fingerprint density at radius 2 is 2.00 bits per heavy atom. The third-order valence-corrected chi connectivity index (χ3v) is 4.09. The molecule has 0 amide bonds. The number of hydrogen-bond acceptors (Lipinski definition) is 3. The fourth-order valence-electron chi connectivity index (χ4n) is 2.65. The summed E-state index contributed by atoms with van der Waals surface area (Å²) < 4.78 is 6.14. The monoisotopic (exact) mass is 288 g/mol. The maximum absolute atomic E-state index is 6.14. The zero-order valence-corrected chi connectivity index (χ0v) is 12.4. The van der Waals surface area contributed by atoms with E-state index in [1.165, 1.54) is 11.1 Å². The smallest absolute Gasteiger partial charge is 0.221 e. The molecular weight excluding hydrogens is 272 g/mol. The molecule has 1 atom stereocenters. The van der Waals surface area contributed by atoms with Gasteiger partial charge in [0.25, 0.3) is 0 Å². The zero-order valence-electron chi connectivity index (χ0n) is 11.7. The summed E-state index contributed by atoms with van der Waals surface area (Å²) in [5.74, 6) is 1.24. The van der Waals surface area contributed by atoms with Crippen LogP contribution in [0.1, 0.15) is 41.5 Å². The number of nitrogens with zero attached hydrogens (tertiary/aromatic N) is 2. The van der Waals surface area contributed by atoms with Crippen LogP contribution in [0.5, 0.6) is 5.88 Å². The Hall–Kier alpha value is -1.61. The number of aryl methyl sites for hydroxylation is 2. The maximum Gasteiger partial charge on any atom is 0.221 e. The number of hydrogen-bond donors (Lipinski definition) is 0. The molecule has 1 unspecified atom stereocenters. The van der Waals surface area contributed by atoms with Crippen LogP contribution < -0.4 is 4.74 Å². The van der Waals surface area contributed by atoms with E-state index in [0.717, 1.165) is 24.8 Å². The van der Waals surface area contributed by atoms with E-state index in [1.807, 2.05) is 13.8 Å². The van der Waals surface area contributed by atoms with Crippen LogP contribution >= 0.6 is 11.6 Å². The number of ether oxygens (including phenoxy) is 1. The summed E-state index contributed by atoms with van der Waals surface area (Å²) in [6, 6.07) is 8.46. The summed E-state index contributed by atoms with van der Waals surface area (Å²) in [5, 5.41) is 0.469. The van der Waals surface area contributed by atoms with Gasteiger partial charge in [0.2, 0.25) is 5.88 Å². The Morgan fingerprint density at radius 3 is 2.85 bits per heavy atom. The van der Waals surface area contributed by atoms with Crippen molar-refractivity contribution in [2.24, 2.45) is 0 Å². The quantitative estimate of drug-likeness (QED) is 0.777. The average Bonchev–Trinajstić information content (AvgIpc) is 2.44. The number of halogens is 1. The van der Waals surface area contributed by atoms with Crippen LogP contribution in [0.2, 0.25) is 5.15 Å². The first-order chi connectivity index (χ1) is 9.65. The van der Waals surface area contributed by atoms with Crippen molar-refractivity contribution in [2.45, 2.75) is 39.2 Å². The second kappa shape index (κ2) is 5.41. The van der Waals surface area contributed by atoms with Gasteiger partial charge >= 0.3 is 0 Å². The van der Waals surface area contributed by atoms with Gasteiger partial charge < -0.3 is 4.74 Å². The van der Waals surface area contributed by atoms with E-state index in [2.05, 4.69) is 34.2 Å². The number of fused-ring (bicyclic) bond motifs is 1. The van der Waals surface area contributed by atoms with Crippen LogP contribution in [-0.4, -0.2) is 9.97 Å². The van der Waals surface area contributed by atoms with Crippen LogP contribution in [0.3, 0.4) is 0 Å². The molecule has 0 radical (unpaired) electrons. The molecule has 0 bridgehead atoms. The second-order valence-corrected chi connectivity index (χ2v) is 5.55. The molecule has 1 aliphatic rings. The van der Waals surface area contributed by atoms with Crippen molar-refractivity contribution in [1.29, 1.82) is 0 Å². The van der Waals surface area contributed by atoms with Gasteiger partial charge in [0.15, 0.2) is 0 Å². The van der Waals surface area contributed by atoms with E-state index in [-0.39, 0.29) is 6.10 Å². The fraction of sp³-hybridized carbons (Fsp3) is 0.375. The Morgan fingerprint density at radius 1 is 1.20 bits per heavy atom. The second-order valence-electron chi connectivity index (χ2n) is 5.19. The molecule has 20 heavy (non-hydrogen) atoms. The van der Waals surface area contributed by atoms with Crippen molar-refractivity contribution >= 4 is 11.6 Å². The lowest BCUT2D eigenvalue weighted by Crippen LogP contribution is -2.16. The van der Waals surface area contributed by atoms with Crippen LogP contribution in [0, 0.1) is 13.8 Å². The highest BCUT2D eigenvalue weighted by Gasteiger charge is 2.23. The minimum atomic E-state index is 0.0593. The van der Waals surface area contributed by atoms with Gasteiger partial charge in [-0.1, -0.05) is 35.9 Å². The SMILES string of the molecule is Cc1nc(Cl)c(C)c(OC2CCCc3ccccc32)n1. The lowest BCUT2D eigenvalue weighted by molar-refractivity contribution is 0.174. The van der Waals surface area contributed by atoms with Crippen molar-refractivity contribution in [3.8, 4) is 5.88 Å². The molecule has 1 aromatic carbocycles.